The summed E-state index contributed by atoms with van der Waals surface area (Å²) in [5.74, 6) is -1.38. The van der Waals surface area contributed by atoms with Gasteiger partial charge in [0.05, 0.1) is 11.5 Å². The molecule has 166 valence electrons. The third-order valence-electron chi connectivity index (χ3n) is 8.08. The van der Waals surface area contributed by atoms with E-state index in [0.717, 1.165) is 38.5 Å². The van der Waals surface area contributed by atoms with E-state index >= 15 is 0 Å². The van der Waals surface area contributed by atoms with Crippen LogP contribution < -0.4 is 0 Å². The predicted molar refractivity (Wildman–Crippen MR) is 112 cm³/mol. The lowest BCUT2D eigenvalue weighted by Gasteiger charge is -2.38. The van der Waals surface area contributed by atoms with E-state index in [9.17, 15) is 4.79 Å². The topological polar surface area (TPSA) is 68.3 Å². The molecule has 3 rings (SSSR count). The third kappa shape index (κ3) is 4.42. The molecule has 2 heterocycles. The number of hydrogen-bond acceptors (Lipinski definition) is 4. The SMILES string of the molecule is C/C(=C\CC[C@@]1(C)CC[C@@H]([C@H](C)C(=O)O)OO1)CCC12OC1(C)CCCC2(C)C. The molecular weight excluding hydrogens is 368 g/mol. The normalized spacial score (nSPS) is 40.2. The van der Waals surface area contributed by atoms with Gasteiger partial charge in [-0.1, -0.05) is 25.5 Å². The van der Waals surface area contributed by atoms with Crippen LogP contribution in [0.15, 0.2) is 11.6 Å². The van der Waals surface area contributed by atoms with Gasteiger partial charge in [-0.25, -0.2) is 9.78 Å². The highest BCUT2D eigenvalue weighted by Crippen LogP contribution is 2.67. The second-order valence-corrected chi connectivity index (χ2v) is 10.8. The summed E-state index contributed by atoms with van der Waals surface area (Å²) in [6.45, 7) is 13.0. The van der Waals surface area contributed by atoms with Gasteiger partial charge in [0.15, 0.2) is 0 Å². The van der Waals surface area contributed by atoms with Gasteiger partial charge in [0.2, 0.25) is 0 Å². The highest BCUT2D eigenvalue weighted by molar-refractivity contribution is 5.70. The van der Waals surface area contributed by atoms with Gasteiger partial charge in [0.1, 0.15) is 17.3 Å². The molecule has 2 unspecified atom stereocenters. The number of aliphatic carboxylic acids is 1. The van der Waals surface area contributed by atoms with E-state index in [-0.39, 0.29) is 28.3 Å². The molecule has 29 heavy (non-hydrogen) atoms. The fourth-order valence-corrected chi connectivity index (χ4v) is 5.66. The Kier molecular flexibility index (Phi) is 6.26. The van der Waals surface area contributed by atoms with Crippen LogP contribution in [0.2, 0.25) is 0 Å². The number of allylic oxidation sites excluding steroid dienone is 2. The van der Waals surface area contributed by atoms with Crippen molar-refractivity contribution in [1.82, 2.24) is 0 Å². The van der Waals surface area contributed by atoms with Crippen molar-refractivity contribution in [3.63, 3.8) is 0 Å². The van der Waals surface area contributed by atoms with Gasteiger partial charge in [0.25, 0.3) is 0 Å². The Balaban J connectivity index is 1.45. The van der Waals surface area contributed by atoms with Crippen molar-refractivity contribution in [3.8, 4) is 0 Å². The zero-order chi connectivity index (χ0) is 21.5. The van der Waals surface area contributed by atoms with Gasteiger partial charge >= 0.3 is 5.97 Å². The quantitative estimate of drug-likeness (QED) is 0.311. The van der Waals surface area contributed by atoms with E-state index in [2.05, 4.69) is 40.7 Å². The monoisotopic (exact) mass is 408 g/mol. The summed E-state index contributed by atoms with van der Waals surface area (Å²) in [5.41, 5.74) is 1.46. The molecule has 5 nitrogen and oxygen atoms in total. The smallest absolute Gasteiger partial charge is 0.308 e. The first-order chi connectivity index (χ1) is 13.4. The Labute approximate surface area is 176 Å². The fourth-order valence-electron chi connectivity index (χ4n) is 5.66. The summed E-state index contributed by atoms with van der Waals surface area (Å²) >= 11 is 0. The average Bonchev–Trinajstić information content (AvgIpc) is 3.27. The predicted octanol–water partition coefficient (Wildman–Crippen LogP) is 5.82. The van der Waals surface area contributed by atoms with E-state index in [1.54, 1.807) is 6.92 Å². The molecular formula is C24H40O5. The second kappa shape index (κ2) is 7.97. The van der Waals surface area contributed by atoms with E-state index in [0.29, 0.717) is 0 Å². The molecule has 5 atom stereocenters. The Morgan fingerprint density at radius 3 is 2.48 bits per heavy atom. The van der Waals surface area contributed by atoms with Crippen LogP contribution in [-0.2, 0) is 19.3 Å². The molecule has 0 aromatic rings. The number of fused-ring (bicyclic) bond motifs is 1. The molecule has 2 aliphatic heterocycles. The van der Waals surface area contributed by atoms with Crippen LogP contribution in [-0.4, -0.2) is 34.0 Å². The van der Waals surface area contributed by atoms with Gasteiger partial charge in [0, 0.05) is 0 Å². The maximum atomic E-state index is 11.1. The molecule has 0 spiro atoms. The van der Waals surface area contributed by atoms with Crippen LogP contribution in [0.3, 0.4) is 0 Å². The maximum Gasteiger partial charge on any atom is 0.308 e. The van der Waals surface area contributed by atoms with Crippen LogP contribution >= 0.6 is 0 Å². The summed E-state index contributed by atoms with van der Waals surface area (Å²) in [7, 11) is 0. The third-order valence-corrected chi connectivity index (χ3v) is 8.08. The van der Waals surface area contributed by atoms with Crippen molar-refractivity contribution in [2.75, 3.05) is 0 Å². The lowest BCUT2D eigenvalue weighted by molar-refractivity contribution is -0.411. The Morgan fingerprint density at radius 2 is 1.90 bits per heavy atom. The number of carbonyl (C=O) groups is 1. The van der Waals surface area contributed by atoms with Crippen molar-refractivity contribution in [1.29, 1.82) is 0 Å². The minimum Gasteiger partial charge on any atom is -0.481 e. The number of hydrogen-bond donors (Lipinski definition) is 1. The van der Waals surface area contributed by atoms with Crippen molar-refractivity contribution < 1.29 is 24.4 Å². The zero-order valence-corrected chi connectivity index (χ0v) is 19.2. The van der Waals surface area contributed by atoms with Crippen LogP contribution in [0, 0.1) is 11.3 Å². The van der Waals surface area contributed by atoms with Crippen LogP contribution in [0.25, 0.3) is 0 Å². The molecule has 2 saturated heterocycles. The standard InChI is InChI=1S/C24H40O5/c1-17(10-16-24-21(3,4)12-8-14-23(24,6)28-24)9-7-13-22(5)15-11-19(27-29-22)18(2)20(25)26/h9,18-19H,7-8,10-16H2,1-6H3,(H,25,26)/b17-9+/t18-,19-,22-,23?,24?/m0/s1. The molecule has 0 radical (unpaired) electrons. The molecule has 1 aliphatic carbocycles. The minimum absolute atomic E-state index is 0.0511. The molecule has 0 amide bonds. The Morgan fingerprint density at radius 1 is 1.17 bits per heavy atom. The summed E-state index contributed by atoms with van der Waals surface area (Å²) in [4.78, 5) is 22.2. The van der Waals surface area contributed by atoms with E-state index < -0.39 is 11.9 Å². The first kappa shape index (κ1) is 22.8. The average molecular weight is 409 g/mol. The zero-order valence-electron chi connectivity index (χ0n) is 19.2. The first-order valence-corrected chi connectivity index (χ1v) is 11.4. The minimum atomic E-state index is -0.836. The number of ether oxygens (including phenoxy) is 1. The van der Waals surface area contributed by atoms with Gasteiger partial charge in [-0.05, 0) is 90.9 Å². The van der Waals surface area contributed by atoms with Crippen LogP contribution in [0.5, 0.6) is 0 Å². The largest absolute Gasteiger partial charge is 0.481 e. The molecule has 5 heteroatoms. The molecule has 1 saturated carbocycles. The van der Waals surface area contributed by atoms with Crippen molar-refractivity contribution in [2.24, 2.45) is 11.3 Å². The Hall–Kier alpha value is -0.910. The molecule has 3 fully saturated rings. The summed E-state index contributed by atoms with van der Waals surface area (Å²) in [6, 6.07) is 0. The summed E-state index contributed by atoms with van der Waals surface area (Å²) < 4.78 is 6.37. The second-order valence-electron chi connectivity index (χ2n) is 10.8. The van der Waals surface area contributed by atoms with Gasteiger partial charge in [-0.3, -0.25) is 4.79 Å². The molecule has 3 aliphatic rings. The molecule has 1 N–H and O–H groups in total. The molecule has 0 bridgehead atoms. The Bertz CT molecular complexity index is 646. The van der Waals surface area contributed by atoms with Gasteiger partial charge in [-0.15, -0.1) is 0 Å². The fraction of sp³-hybridized carbons (Fsp3) is 0.875. The lowest BCUT2D eigenvalue weighted by Crippen LogP contribution is -2.42. The van der Waals surface area contributed by atoms with E-state index in [4.69, 9.17) is 19.6 Å². The maximum absolute atomic E-state index is 11.1. The summed E-state index contributed by atoms with van der Waals surface area (Å²) in [5, 5.41) is 9.13. The van der Waals surface area contributed by atoms with Crippen molar-refractivity contribution in [3.05, 3.63) is 11.6 Å². The van der Waals surface area contributed by atoms with Crippen molar-refractivity contribution >= 4 is 5.97 Å². The number of epoxide rings is 1. The molecule has 0 aromatic carbocycles. The number of carboxylic acids is 1. The van der Waals surface area contributed by atoms with Gasteiger partial charge < -0.3 is 9.84 Å². The van der Waals surface area contributed by atoms with E-state index in [1.807, 2.05) is 0 Å². The number of rotatable bonds is 8. The lowest BCUT2D eigenvalue weighted by atomic mass is 9.62. The van der Waals surface area contributed by atoms with E-state index in [1.165, 1.54) is 24.8 Å². The highest BCUT2D eigenvalue weighted by Gasteiger charge is 2.73. The summed E-state index contributed by atoms with van der Waals surface area (Å²) in [6.07, 6.45) is 11.2. The molecule has 0 aromatic heterocycles. The van der Waals surface area contributed by atoms with Crippen molar-refractivity contribution in [2.45, 2.75) is 122 Å². The first-order valence-electron chi connectivity index (χ1n) is 11.4. The highest BCUT2D eigenvalue weighted by atomic mass is 17.2. The van der Waals surface area contributed by atoms with Crippen LogP contribution in [0.1, 0.15) is 99.3 Å². The van der Waals surface area contributed by atoms with Crippen LogP contribution in [0.4, 0.5) is 0 Å². The van der Waals surface area contributed by atoms with Gasteiger partial charge in [-0.2, -0.15) is 0 Å². The number of carboxylic acid groups (broad SMARTS) is 1.